The van der Waals surface area contributed by atoms with Crippen LogP contribution in [0.15, 0.2) is 6.07 Å². The number of aliphatic hydroxyl groups is 1. The Morgan fingerprint density at radius 1 is 1.41 bits per heavy atom. The lowest BCUT2D eigenvalue weighted by atomic mass is 9.79. The van der Waals surface area contributed by atoms with Crippen LogP contribution in [0, 0.1) is 11.8 Å². The van der Waals surface area contributed by atoms with Crippen LogP contribution in [-0.2, 0) is 7.05 Å². The van der Waals surface area contributed by atoms with Gasteiger partial charge in [-0.1, -0.05) is 19.8 Å². The Hall–Kier alpha value is -1.03. The summed E-state index contributed by atoms with van der Waals surface area (Å²) in [6, 6.07) is 1.84. The second-order valence-corrected chi connectivity index (χ2v) is 5.20. The largest absolute Gasteiger partial charge is 0.481 e. The van der Waals surface area contributed by atoms with Gasteiger partial charge in [-0.25, -0.2) is 4.68 Å². The first-order valence-corrected chi connectivity index (χ1v) is 6.37. The fraction of sp³-hybridized carbons (Fsp3) is 0.769. The van der Waals surface area contributed by atoms with Crippen LogP contribution in [0.1, 0.15) is 44.4 Å². The van der Waals surface area contributed by atoms with E-state index in [2.05, 4.69) is 12.0 Å². The van der Waals surface area contributed by atoms with Crippen LogP contribution in [-0.4, -0.2) is 22.0 Å². The number of hydrogen-bond donors (Lipinski definition) is 1. The van der Waals surface area contributed by atoms with Crippen molar-refractivity contribution < 1.29 is 9.84 Å². The van der Waals surface area contributed by atoms with Gasteiger partial charge < -0.3 is 9.84 Å². The lowest BCUT2D eigenvalue weighted by molar-refractivity contribution is 0.0716. The van der Waals surface area contributed by atoms with E-state index in [-0.39, 0.29) is 0 Å². The Labute approximate surface area is 103 Å². The van der Waals surface area contributed by atoms with Gasteiger partial charge in [0.25, 0.3) is 0 Å². The Bertz CT molecular complexity index is 367. The quantitative estimate of drug-likeness (QED) is 0.879. The lowest BCUT2D eigenvalue weighted by Gasteiger charge is -2.28. The minimum absolute atomic E-state index is 0.353. The fourth-order valence-electron chi connectivity index (χ4n) is 2.65. The van der Waals surface area contributed by atoms with Crippen LogP contribution in [0.3, 0.4) is 0 Å². The van der Waals surface area contributed by atoms with Crippen molar-refractivity contribution in [2.24, 2.45) is 18.9 Å². The third-order valence-electron chi connectivity index (χ3n) is 3.87. The predicted molar refractivity (Wildman–Crippen MR) is 65.8 cm³/mol. The second-order valence-electron chi connectivity index (χ2n) is 5.20. The smallest absolute Gasteiger partial charge is 0.211 e. The summed E-state index contributed by atoms with van der Waals surface area (Å²) in [7, 11) is 3.45. The predicted octanol–water partition coefficient (Wildman–Crippen LogP) is 2.29. The molecule has 1 aliphatic rings. The highest BCUT2D eigenvalue weighted by Gasteiger charge is 2.27. The normalized spacial score (nSPS) is 26.8. The zero-order valence-electron chi connectivity index (χ0n) is 10.9. The average molecular weight is 238 g/mol. The molecule has 0 bridgehead atoms. The first-order chi connectivity index (χ1) is 8.11. The standard InChI is InChI=1S/C13H22N2O2/c1-9-4-6-10(7-5-9)13(16)11-8-12(17-3)15(2)14-11/h8-10,13,16H,4-7H2,1-3H3. The minimum Gasteiger partial charge on any atom is -0.481 e. The van der Waals surface area contributed by atoms with Crippen molar-refractivity contribution >= 4 is 0 Å². The highest BCUT2D eigenvalue weighted by Crippen LogP contribution is 2.36. The third kappa shape index (κ3) is 2.63. The van der Waals surface area contributed by atoms with Crippen LogP contribution >= 0.6 is 0 Å². The molecule has 1 fully saturated rings. The molecule has 0 aliphatic heterocycles. The van der Waals surface area contributed by atoms with E-state index >= 15 is 0 Å². The van der Waals surface area contributed by atoms with Crippen molar-refractivity contribution in [1.82, 2.24) is 9.78 Å². The van der Waals surface area contributed by atoms with Crippen molar-refractivity contribution in [3.8, 4) is 5.88 Å². The zero-order chi connectivity index (χ0) is 12.4. The molecule has 1 N–H and O–H groups in total. The molecule has 1 aromatic heterocycles. The number of nitrogens with zero attached hydrogens (tertiary/aromatic N) is 2. The number of aromatic nitrogens is 2. The number of aliphatic hydroxyl groups excluding tert-OH is 1. The number of aryl methyl sites for hydroxylation is 1. The zero-order valence-corrected chi connectivity index (χ0v) is 10.9. The highest BCUT2D eigenvalue weighted by molar-refractivity contribution is 5.18. The summed E-state index contributed by atoms with van der Waals surface area (Å²) in [5.74, 6) is 1.85. The Morgan fingerprint density at radius 2 is 2.06 bits per heavy atom. The molecule has 4 heteroatoms. The minimum atomic E-state index is -0.447. The average Bonchev–Trinajstić information content (AvgIpc) is 2.70. The Morgan fingerprint density at radius 3 is 2.59 bits per heavy atom. The molecule has 17 heavy (non-hydrogen) atoms. The molecular formula is C13H22N2O2. The molecule has 0 spiro atoms. The van der Waals surface area contributed by atoms with Crippen LogP contribution in [0.4, 0.5) is 0 Å². The van der Waals surface area contributed by atoms with E-state index in [9.17, 15) is 5.11 Å². The van der Waals surface area contributed by atoms with E-state index < -0.39 is 6.10 Å². The molecule has 1 saturated carbocycles. The van der Waals surface area contributed by atoms with Crippen molar-refractivity contribution in [2.75, 3.05) is 7.11 Å². The summed E-state index contributed by atoms with van der Waals surface area (Å²) in [4.78, 5) is 0. The SMILES string of the molecule is COc1cc(C(O)C2CCC(C)CC2)nn1C. The van der Waals surface area contributed by atoms with E-state index in [0.29, 0.717) is 11.8 Å². The van der Waals surface area contributed by atoms with E-state index in [4.69, 9.17) is 4.74 Å². The van der Waals surface area contributed by atoms with Gasteiger partial charge in [0.15, 0.2) is 0 Å². The maximum absolute atomic E-state index is 10.3. The van der Waals surface area contributed by atoms with Crippen LogP contribution in [0.2, 0.25) is 0 Å². The van der Waals surface area contributed by atoms with Crippen LogP contribution in [0.5, 0.6) is 5.88 Å². The first kappa shape index (κ1) is 12.4. The first-order valence-electron chi connectivity index (χ1n) is 6.37. The van der Waals surface area contributed by atoms with Gasteiger partial charge in [0.1, 0.15) is 6.10 Å². The molecule has 4 nitrogen and oxygen atoms in total. The number of ether oxygens (including phenoxy) is 1. The molecule has 0 aromatic carbocycles. The molecule has 1 aromatic rings. The monoisotopic (exact) mass is 238 g/mol. The van der Waals surface area contributed by atoms with Gasteiger partial charge in [-0.2, -0.15) is 5.10 Å². The van der Waals surface area contributed by atoms with Gasteiger partial charge in [0.2, 0.25) is 5.88 Å². The molecule has 0 radical (unpaired) electrons. The summed E-state index contributed by atoms with van der Waals surface area (Å²) in [5.41, 5.74) is 0.740. The summed E-state index contributed by atoms with van der Waals surface area (Å²) in [6.45, 7) is 2.28. The topological polar surface area (TPSA) is 47.3 Å². The summed E-state index contributed by atoms with van der Waals surface area (Å²) < 4.78 is 6.84. The maximum Gasteiger partial charge on any atom is 0.211 e. The fourth-order valence-corrected chi connectivity index (χ4v) is 2.65. The van der Waals surface area contributed by atoms with Crippen molar-refractivity contribution in [1.29, 1.82) is 0 Å². The summed E-state index contributed by atoms with van der Waals surface area (Å²) in [6.07, 6.45) is 4.18. The van der Waals surface area contributed by atoms with Crippen molar-refractivity contribution in [2.45, 2.75) is 38.7 Å². The van der Waals surface area contributed by atoms with Crippen LogP contribution in [0.25, 0.3) is 0 Å². The van der Waals surface area contributed by atoms with E-state index in [1.807, 2.05) is 13.1 Å². The van der Waals surface area contributed by atoms with Crippen molar-refractivity contribution in [3.05, 3.63) is 11.8 Å². The molecule has 0 amide bonds. The van der Waals surface area contributed by atoms with E-state index in [0.717, 1.165) is 24.5 Å². The molecule has 96 valence electrons. The van der Waals surface area contributed by atoms with E-state index in [1.165, 1.54) is 12.8 Å². The van der Waals surface area contributed by atoms with Gasteiger partial charge in [0, 0.05) is 13.1 Å². The van der Waals surface area contributed by atoms with Gasteiger partial charge >= 0.3 is 0 Å². The molecular weight excluding hydrogens is 216 g/mol. The highest BCUT2D eigenvalue weighted by atomic mass is 16.5. The Balaban J connectivity index is 2.05. The molecule has 1 aliphatic carbocycles. The van der Waals surface area contributed by atoms with Gasteiger partial charge in [-0.05, 0) is 24.7 Å². The number of hydrogen-bond acceptors (Lipinski definition) is 3. The number of rotatable bonds is 3. The molecule has 2 rings (SSSR count). The summed E-state index contributed by atoms with van der Waals surface area (Å²) in [5, 5.41) is 14.7. The van der Waals surface area contributed by atoms with Gasteiger partial charge in [-0.3, -0.25) is 0 Å². The third-order valence-corrected chi connectivity index (χ3v) is 3.87. The Kier molecular flexibility index (Phi) is 3.72. The molecule has 0 saturated heterocycles. The number of methoxy groups -OCH3 is 1. The summed E-state index contributed by atoms with van der Waals surface area (Å²) >= 11 is 0. The van der Waals surface area contributed by atoms with Gasteiger partial charge in [0.05, 0.1) is 12.8 Å². The van der Waals surface area contributed by atoms with E-state index in [1.54, 1.807) is 11.8 Å². The van der Waals surface area contributed by atoms with Crippen molar-refractivity contribution in [3.63, 3.8) is 0 Å². The molecule has 1 heterocycles. The second kappa shape index (κ2) is 5.08. The molecule has 1 unspecified atom stereocenters. The van der Waals surface area contributed by atoms with Gasteiger partial charge in [-0.15, -0.1) is 0 Å². The lowest BCUT2D eigenvalue weighted by Crippen LogP contribution is -2.19. The molecule has 1 atom stereocenters. The maximum atomic E-state index is 10.3. The van der Waals surface area contributed by atoms with Crippen LogP contribution < -0.4 is 4.74 Å².